The van der Waals surface area contributed by atoms with Gasteiger partial charge in [0.1, 0.15) is 28.7 Å². The second-order valence-corrected chi connectivity index (χ2v) is 6.52. The van der Waals surface area contributed by atoms with Crippen molar-refractivity contribution in [3.8, 4) is 28.3 Å². The van der Waals surface area contributed by atoms with Crippen LogP contribution >= 0.6 is 0 Å². The lowest BCUT2D eigenvalue weighted by atomic mass is 10.0. The number of carbonyl (C=O) groups is 1. The summed E-state index contributed by atoms with van der Waals surface area (Å²) in [5, 5.41) is 3.15. The second kappa shape index (κ2) is 7.82. The zero-order valence-corrected chi connectivity index (χ0v) is 16.1. The van der Waals surface area contributed by atoms with Crippen molar-refractivity contribution in [3.05, 3.63) is 66.5 Å². The lowest BCUT2D eigenvalue weighted by Crippen LogP contribution is -2.09. The number of pyridine rings is 1. The first-order valence-electron chi connectivity index (χ1n) is 8.99. The Bertz CT molecular complexity index is 1260. The SMILES string of the molecule is COc1cc(-c2ccc(F)cc2F)cc2c(NC(C)=O)nc(-c3cccnc3)nc12. The van der Waals surface area contributed by atoms with E-state index in [0.29, 0.717) is 33.6 Å². The van der Waals surface area contributed by atoms with Crippen molar-refractivity contribution in [2.45, 2.75) is 6.92 Å². The maximum absolute atomic E-state index is 14.4. The van der Waals surface area contributed by atoms with E-state index in [9.17, 15) is 13.6 Å². The van der Waals surface area contributed by atoms with Crippen LogP contribution in [0.4, 0.5) is 14.6 Å². The Morgan fingerprint density at radius 3 is 2.57 bits per heavy atom. The van der Waals surface area contributed by atoms with Gasteiger partial charge in [0, 0.05) is 41.9 Å². The van der Waals surface area contributed by atoms with Crippen LogP contribution in [-0.2, 0) is 4.79 Å². The summed E-state index contributed by atoms with van der Waals surface area (Å²) >= 11 is 0. The molecule has 6 nitrogen and oxygen atoms in total. The molecule has 0 aliphatic carbocycles. The molecule has 2 heterocycles. The van der Waals surface area contributed by atoms with Crippen molar-refractivity contribution >= 4 is 22.6 Å². The van der Waals surface area contributed by atoms with Crippen molar-refractivity contribution in [2.24, 2.45) is 0 Å². The van der Waals surface area contributed by atoms with E-state index in [4.69, 9.17) is 4.74 Å². The first-order chi connectivity index (χ1) is 14.5. The standard InChI is InChI=1S/C22H16F2N4O2/c1-12(29)26-22-17-8-14(16-6-5-15(23)10-18(16)24)9-19(30-2)20(17)27-21(28-22)13-4-3-7-25-11-13/h3-11H,1-2H3,(H,26,27,28,29). The number of methoxy groups -OCH3 is 1. The van der Waals surface area contributed by atoms with Crippen LogP contribution < -0.4 is 10.1 Å². The van der Waals surface area contributed by atoms with Gasteiger partial charge in [-0.15, -0.1) is 0 Å². The highest BCUT2D eigenvalue weighted by molar-refractivity contribution is 6.02. The molecule has 4 rings (SSSR count). The van der Waals surface area contributed by atoms with Gasteiger partial charge >= 0.3 is 0 Å². The molecule has 0 radical (unpaired) electrons. The third-order valence-corrected chi connectivity index (χ3v) is 4.44. The van der Waals surface area contributed by atoms with Crippen molar-refractivity contribution in [2.75, 3.05) is 12.4 Å². The number of rotatable bonds is 4. The Labute approximate surface area is 170 Å². The number of carbonyl (C=O) groups excluding carboxylic acids is 1. The lowest BCUT2D eigenvalue weighted by Gasteiger charge is -2.14. The molecule has 30 heavy (non-hydrogen) atoms. The fourth-order valence-corrected chi connectivity index (χ4v) is 3.12. The molecule has 1 amide bonds. The number of benzene rings is 2. The van der Waals surface area contributed by atoms with E-state index in [0.717, 1.165) is 6.07 Å². The van der Waals surface area contributed by atoms with Gasteiger partial charge in [-0.3, -0.25) is 9.78 Å². The maximum Gasteiger partial charge on any atom is 0.222 e. The summed E-state index contributed by atoms with van der Waals surface area (Å²) in [7, 11) is 1.46. The van der Waals surface area contributed by atoms with Crippen LogP contribution in [0, 0.1) is 11.6 Å². The molecule has 1 N–H and O–H groups in total. The molecular weight excluding hydrogens is 390 g/mol. The van der Waals surface area contributed by atoms with Gasteiger partial charge in [-0.2, -0.15) is 0 Å². The number of nitrogens with zero attached hydrogens (tertiary/aromatic N) is 3. The normalized spacial score (nSPS) is 10.8. The van der Waals surface area contributed by atoms with Crippen LogP contribution in [0.25, 0.3) is 33.4 Å². The highest BCUT2D eigenvalue weighted by atomic mass is 19.1. The summed E-state index contributed by atoms with van der Waals surface area (Å²) in [6.07, 6.45) is 3.23. The van der Waals surface area contributed by atoms with Crippen molar-refractivity contribution < 1.29 is 18.3 Å². The first kappa shape index (κ1) is 19.4. The zero-order valence-electron chi connectivity index (χ0n) is 16.1. The van der Waals surface area contributed by atoms with Gasteiger partial charge in [-0.25, -0.2) is 18.7 Å². The number of hydrogen-bond acceptors (Lipinski definition) is 5. The Morgan fingerprint density at radius 2 is 1.90 bits per heavy atom. The second-order valence-electron chi connectivity index (χ2n) is 6.52. The summed E-state index contributed by atoms with van der Waals surface area (Å²) in [5.41, 5.74) is 1.70. The molecule has 0 atom stereocenters. The molecule has 2 aromatic heterocycles. The largest absolute Gasteiger partial charge is 0.494 e. The summed E-state index contributed by atoms with van der Waals surface area (Å²) in [4.78, 5) is 24.9. The summed E-state index contributed by atoms with van der Waals surface area (Å²) in [5.74, 6) is -0.778. The third-order valence-electron chi connectivity index (χ3n) is 4.44. The summed E-state index contributed by atoms with van der Waals surface area (Å²) in [6, 6.07) is 10.1. The molecule has 0 saturated heterocycles. The number of ether oxygens (including phenoxy) is 1. The number of fused-ring (bicyclic) bond motifs is 1. The van der Waals surface area contributed by atoms with Crippen molar-refractivity contribution in [3.63, 3.8) is 0 Å². The molecule has 0 spiro atoms. The average molecular weight is 406 g/mol. The highest BCUT2D eigenvalue weighted by Crippen LogP contribution is 2.36. The predicted molar refractivity (Wildman–Crippen MR) is 109 cm³/mol. The van der Waals surface area contributed by atoms with Gasteiger partial charge in [0.15, 0.2) is 5.82 Å². The summed E-state index contributed by atoms with van der Waals surface area (Å²) < 4.78 is 33.2. The number of anilines is 1. The first-order valence-corrected chi connectivity index (χ1v) is 8.99. The molecule has 4 aromatic rings. The summed E-state index contributed by atoms with van der Waals surface area (Å²) in [6.45, 7) is 1.36. The van der Waals surface area contributed by atoms with Gasteiger partial charge in [-0.05, 0) is 42.0 Å². The van der Waals surface area contributed by atoms with Crippen LogP contribution in [0.15, 0.2) is 54.9 Å². The monoisotopic (exact) mass is 406 g/mol. The maximum atomic E-state index is 14.4. The molecule has 0 aliphatic rings. The van der Waals surface area contributed by atoms with Gasteiger partial charge in [0.2, 0.25) is 5.91 Å². The smallest absolute Gasteiger partial charge is 0.222 e. The molecule has 0 fully saturated rings. The molecule has 0 bridgehead atoms. The predicted octanol–water partition coefficient (Wildman–Crippen LogP) is 4.60. The number of hydrogen-bond donors (Lipinski definition) is 1. The van der Waals surface area contributed by atoms with E-state index in [2.05, 4.69) is 20.3 Å². The Hall–Kier alpha value is -3.94. The van der Waals surface area contributed by atoms with E-state index < -0.39 is 11.6 Å². The number of halogens is 2. The van der Waals surface area contributed by atoms with E-state index in [1.165, 1.54) is 26.2 Å². The van der Waals surface area contributed by atoms with E-state index in [1.54, 1.807) is 36.7 Å². The zero-order chi connectivity index (χ0) is 21.3. The fourth-order valence-electron chi connectivity index (χ4n) is 3.12. The van der Waals surface area contributed by atoms with E-state index >= 15 is 0 Å². The quantitative estimate of drug-likeness (QED) is 0.536. The Kier molecular flexibility index (Phi) is 5.05. The average Bonchev–Trinajstić information content (AvgIpc) is 2.73. The molecule has 0 aliphatic heterocycles. The Morgan fingerprint density at radius 1 is 1.07 bits per heavy atom. The molecule has 0 unspecified atom stereocenters. The van der Waals surface area contributed by atoms with Crippen LogP contribution in [0.2, 0.25) is 0 Å². The molecule has 2 aromatic carbocycles. The van der Waals surface area contributed by atoms with Gasteiger partial charge in [0.25, 0.3) is 0 Å². The van der Waals surface area contributed by atoms with Gasteiger partial charge in [0.05, 0.1) is 7.11 Å². The molecular formula is C22H16F2N4O2. The Balaban J connectivity index is 2.00. The van der Waals surface area contributed by atoms with Crippen molar-refractivity contribution in [1.29, 1.82) is 0 Å². The van der Waals surface area contributed by atoms with E-state index in [1.807, 2.05) is 0 Å². The van der Waals surface area contributed by atoms with E-state index in [-0.39, 0.29) is 17.3 Å². The highest BCUT2D eigenvalue weighted by Gasteiger charge is 2.17. The minimum atomic E-state index is -0.717. The van der Waals surface area contributed by atoms with Crippen LogP contribution in [0.5, 0.6) is 5.75 Å². The van der Waals surface area contributed by atoms with Crippen LogP contribution in [0.3, 0.4) is 0 Å². The lowest BCUT2D eigenvalue weighted by molar-refractivity contribution is -0.114. The minimum Gasteiger partial charge on any atom is -0.494 e. The molecule has 8 heteroatoms. The third kappa shape index (κ3) is 3.67. The molecule has 0 saturated carbocycles. The van der Waals surface area contributed by atoms with Crippen molar-refractivity contribution in [1.82, 2.24) is 15.0 Å². The fraction of sp³-hybridized carbons (Fsp3) is 0.0909. The minimum absolute atomic E-state index is 0.182. The van der Waals surface area contributed by atoms with Gasteiger partial charge in [-0.1, -0.05) is 0 Å². The number of nitrogens with one attached hydrogen (secondary N) is 1. The topological polar surface area (TPSA) is 77.0 Å². The molecule has 150 valence electrons. The number of aromatic nitrogens is 3. The van der Waals surface area contributed by atoms with Gasteiger partial charge < -0.3 is 10.1 Å². The number of amides is 1. The van der Waals surface area contributed by atoms with Crippen LogP contribution in [-0.4, -0.2) is 28.0 Å². The van der Waals surface area contributed by atoms with Crippen LogP contribution in [0.1, 0.15) is 6.92 Å².